The molecular weight excluding hydrogens is 230 g/mol. The van der Waals surface area contributed by atoms with Crippen LogP contribution >= 0.6 is 0 Å². The maximum absolute atomic E-state index is 12.4. The van der Waals surface area contributed by atoms with Crippen molar-refractivity contribution in [3.8, 4) is 0 Å². The zero-order chi connectivity index (χ0) is 13.5. The van der Waals surface area contributed by atoms with Crippen molar-refractivity contribution in [1.29, 1.82) is 0 Å². The Bertz CT molecular complexity index is 392. The fourth-order valence-electron chi connectivity index (χ4n) is 2.04. The number of aliphatic hydroxyl groups excluding tert-OH is 1. The Morgan fingerprint density at radius 1 is 1.50 bits per heavy atom. The molecule has 1 aromatic heterocycles. The summed E-state index contributed by atoms with van der Waals surface area (Å²) in [5.41, 5.74) is 6.12. The van der Waals surface area contributed by atoms with E-state index in [0.717, 1.165) is 12.8 Å². The molecular formula is C13H21N3O2. The Morgan fingerprint density at radius 3 is 2.67 bits per heavy atom. The van der Waals surface area contributed by atoms with Gasteiger partial charge in [-0.05, 0) is 25.0 Å². The third-order valence-electron chi connectivity index (χ3n) is 3.05. The maximum Gasteiger partial charge on any atom is 0.257 e. The first-order valence-electron chi connectivity index (χ1n) is 6.27. The lowest BCUT2D eigenvalue weighted by Gasteiger charge is -2.30. The number of amides is 1. The van der Waals surface area contributed by atoms with Crippen LogP contribution in [0.1, 0.15) is 37.0 Å². The predicted octanol–water partition coefficient (Wildman–Crippen LogP) is 1.29. The second-order valence-electron chi connectivity index (χ2n) is 4.13. The highest BCUT2D eigenvalue weighted by atomic mass is 16.3. The fourth-order valence-corrected chi connectivity index (χ4v) is 2.04. The lowest BCUT2D eigenvalue weighted by atomic mass is 10.1. The van der Waals surface area contributed by atoms with Crippen molar-refractivity contribution in [3.63, 3.8) is 0 Å². The van der Waals surface area contributed by atoms with Crippen LogP contribution in [0, 0.1) is 0 Å². The molecule has 0 aromatic carbocycles. The van der Waals surface area contributed by atoms with Gasteiger partial charge in [-0.15, -0.1) is 0 Å². The van der Waals surface area contributed by atoms with Crippen LogP contribution in [0.2, 0.25) is 0 Å². The number of rotatable bonds is 6. The van der Waals surface area contributed by atoms with Gasteiger partial charge in [-0.2, -0.15) is 0 Å². The summed E-state index contributed by atoms with van der Waals surface area (Å²) in [5.74, 6) is 0.0692. The van der Waals surface area contributed by atoms with Crippen molar-refractivity contribution < 1.29 is 9.90 Å². The molecule has 0 saturated heterocycles. The van der Waals surface area contributed by atoms with Crippen molar-refractivity contribution in [2.24, 2.45) is 0 Å². The minimum Gasteiger partial charge on any atom is -0.395 e. The summed E-state index contributed by atoms with van der Waals surface area (Å²) in [5, 5.41) is 9.10. The predicted molar refractivity (Wildman–Crippen MR) is 71.1 cm³/mol. The van der Waals surface area contributed by atoms with Gasteiger partial charge in [0.15, 0.2) is 0 Å². The smallest absolute Gasteiger partial charge is 0.257 e. The minimum atomic E-state index is -0.164. The first-order chi connectivity index (χ1) is 8.65. The Hall–Kier alpha value is -1.62. The van der Waals surface area contributed by atoms with Gasteiger partial charge in [0.25, 0.3) is 5.91 Å². The standard InChI is InChI=1S/C13H21N3O2/c1-3-10(4-2)16(8-9-17)13(18)11-6-5-7-15-12(11)14/h5-7,10,17H,3-4,8-9H2,1-2H3,(H2,14,15). The molecule has 18 heavy (non-hydrogen) atoms. The van der Waals surface area contributed by atoms with Gasteiger partial charge in [0.05, 0.1) is 12.2 Å². The molecule has 0 unspecified atom stereocenters. The first kappa shape index (κ1) is 14.4. The number of aliphatic hydroxyl groups is 1. The molecule has 0 bridgehead atoms. The Kier molecular flexibility index (Phi) is 5.58. The van der Waals surface area contributed by atoms with Gasteiger partial charge in [-0.25, -0.2) is 4.98 Å². The lowest BCUT2D eigenvalue weighted by Crippen LogP contribution is -2.41. The van der Waals surface area contributed by atoms with E-state index in [1.54, 1.807) is 23.2 Å². The molecule has 100 valence electrons. The van der Waals surface area contributed by atoms with Gasteiger partial charge in [-0.1, -0.05) is 13.8 Å². The molecule has 3 N–H and O–H groups in total. The summed E-state index contributed by atoms with van der Waals surface area (Å²) in [6, 6.07) is 3.47. The molecule has 0 spiro atoms. The first-order valence-corrected chi connectivity index (χ1v) is 6.27. The maximum atomic E-state index is 12.4. The van der Waals surface area contributed by atoms with E-state index in [4.69, 9.17) is 10.8 Å². The van der Waals surface area contributed by atoms with Crippen LogP contribution < -0.4 is 5.73 Å². The average molecular weight is 251 g/mol. The molecule has 1 heterocycles. The molecule has 0 aliphatic carbocycles. The largest absolute Gasteiger partial charge is 0.395 e. The van der Waals surface area contributed by atoms with Crippen LogP contribution in [0.4, 0.5) is 5.82 Å². The van der Waals surface area contributed by atoms with Gasteiger partial charge in [0, 0.05) is 18.8 Å². The Labute approximate surface area is 108 Å². The van der Waals surface area contributed by atoms with Crippen molar-refractivity contribution in [2.45, 2.75) is 32.7 Å². The highest BCUT2D eigenvalue weighted by Gasteiger charge is 2.23. The Morgan fingerprint density at radius 2 is 2.17 bits per heavy atom. The number of nitrogens with zero attached hydrogens (tertiary/aromatic N) is 2. The summed E-state index contributed by atoms with van der Waals surface area (Å²) >= 11 is 0. The van der Waals surface area contributed by atoms with Crippen molar-refractivity contribution in [3.05, 3.63) is 23.9 Å². The Balaban J connectivity index is 2.99. The number of aromatic nitrogens is 1. The molecule has 0 radical (unpaired) electrons. The number of pyridine rings is 1. The molecule has 0 fully saturated rings. The van der Waals surface area contributed by atoms with Crippen LogP contribution in [0.15, 0.2) is 18.3 Å². The monoisotopic (exact) mass is 251 g/mol. The van der Waals surface area contributed by atoms with E-state index in [0.29, 0.717) is 12.1 Å². The fraction of sp³-hybridized carbons (Fsp3) is 0.538. The molecule has 5 heteroatoms. The number of carbonyl (C=O) groups excluding carboxylic acids is 1. The molecule has 0 atom stereocenters. The molecule has 5 nitrogen and oxygen atoms in total. The van der Waals surface area contributed by atoms with Crippen molar-refractivity contribution in [2.75, 3.05) is 18.9 Å². The topological polar surface area (TPSA) is 79.5 Å². The second kappa shape index (κ2) is 6.96. The minimum absolute atomic E-state index is 0.0532. The van der Waals surface area contributed by atoms with Crippen molar-refractivity contribution in [1.82, 2.24) is 9.88 Å². The summed E-state index contributed by atoms with van der Waals surface area (Å²) in [7, 11) is 0. The third-order valence-corrected chi connectivity index (χ3v) is 3.05. The molecule has 1 rings (SSSR count). The van der Waals surface area contributed by atoms with Gasteiger partial charge in [0.1, 0.15) is 5.82 Å². The number of carbonyl (C=O) groups is 1. The molecule has 0 aliphatic rings. The van der Waals surface area contributed by atoms with Crippen LogP contribution in [-0.4, -0.2) is 40.1 Å². The summed E-state index contributed by atoms with van der Waals surface area (Å²) in [6.07, 6.45) is 3.25. The van der Waals surface area contributed by atoms with Crippen LogP contribution in [-0.2, 0) is 0 Å². The summed E-state index contributed by atoms with van der Waals surface area (Å²) in [6.45, 7) is 4.32. The number of hydrogen-bond acceptors (Lipinski definition) is 4. The van der Waals surface area contributed by atoms with E-state index >= 15 is 0 Å². The van der Waals surface area contributed by atoms with E-state index in [1.807, 2.05) is 13.8 Å². The zero-order valence-electron chi connectivity index (χ0n) is 11.0. The quantitative estimate of drug-likeness (QED) is 0.798. The van der Waals surface area contributed by atoms with Gasteiger partial charge < -0.3 is 15.7 Å². The van der Waals surface area contributed by atoms with Crippen LogP contribution in [0.3, 0.4) is 0 Å². The summed E-state index contributed by atoms with van der Waals surface area (Å²) < 4.78 is 0. The highest BCUT2D eigenvalue weighted by Crippen LogP contribution is 2.16. The average Bonchev–Trinajstić information content (AvgIpc) is 2.39. The molecule has 1 amide bonds. The van der Waals surface area contributed by atoms with Gasteiger partial charge >= 0.3 is 0 Å². The van der Waals surface area contributed by atoms with E-state index in [-0.39, 0.29) is 24.4 Å². The van der Waals surface area contributed by atoms with E-state index in [9.17, 15) is 4.79 Å². The highest BCUT2D eigenvalue weighted by molar-refractivity contribution is 5.98. The number of anilines is 1. The third kappa shape index (κ3) is 3.20. The van der Waals surface area contributed by atoms with E-state index in [1.165, 1.54) is 0 Å². The van der Waals surface area contributed by atoms with Crippen LogP contribution in [0.25, 0.3) is 0 Å². The normalized spacial score (nSPS) is 10.7. The van der Waals surface area contributed by atoms with Gasteiger partial charge in [0.2, 0.25) is 0 Å². The van der Waals surface area contributed by atoms with Crippen molar-refractivity contribution >= 4 is 11.7 Å². The number of nitrogens with two attached hydrogens (primary N) is 1. The molecule has 1 aromatic rings. The van der Waals surface area contributed by atoms with Crippen LogP contribution in [0.5, 0.6) is 0 Å². The molecule has 0 aliphatic heterocycles. The van der Waals surface area contributed by atoms with E-state index in [2.05, 4.69) is 4.98 Å². The molecule has 0 saturated carbocycles. The zero-order valence-corrected chi connectivity index (χ0v) is 11.0. The second-order valence-corrected chi connectivity index (χ2v) is 4.13. The lowest BCUT2D eigenvalue weighted by molar-refractivity contribution is 0.0623. The number of nitrogen functional groups attached to an aromatic ring is 1. The summed E-state index contributed by atoms with van der Waals surface area (Å²) in [4.78, 5) is 18.0. The number of hydrogen-bond donors (Lipinski definition) is 2. The SMILES string of the molecule is CCC(CC)N(CCO)C(=O)c1cccnc1N. The van der Waals surface area contributed by atoms with E-state index < -0.39 is 0 Å². The van der Waals surface area contributed by atoms with Gasteiger partial charge in [-0.3, -0.25) is 4.79 Å².